The van der Waals surface area contributed by atoms with Crippen LogP contribution in [0.15, 0.2) is 18.2 Å². The van der Waals surface area contributed by atoms with Crippen molar-refractivity contribution in [2.75, 3.05) is 15.5 Å². The average Bonchev–Trinajstić information content (AvgIpc) is 2.83. The van der Waals surface area contributed by atoms with Crippen molar-refractivity contribution >= 4 is 34.8 Å². The van der Waals surface area contributed by atoms with Crippen molar-refractivity contribution in [1.29, 1.82) is 0 Å². The lowest BCUT2D eigenvalue weighted by Crippen LogP contribution is -2.49. The Hall–Kier alpha value is -2.37. The van der Waals surface area contributed by atoms with Crippen molar-refractivity contribution in [1.82, 2.24) is 0 Å². The standard InChI is InChI=1S/C32H51N3O3/c1-21(2)22-14-16-23(17-15-22)28(36)33-25-18-26(34-30(38)31(3,4)5)20-27(19-25)35(32(6,7)8)29(37)24-12-10-9-11-13-24/h18-24H,9-17H2,1-8H3,(H,33,36)(H,34,38). The van der Waals surface area contributed by atoms with Crippen LogP contribution in [-0.4, -0.2) is 23.3 Å². The monoisotopic (exact) mass is 525 g/mol. The van der Waals surface area contributed by atoms with Gasteiger partial charge in [0.05, 0.1) is 0 Å². The molecule has 212 valence electrons. The van der Waals surface area contributed by atoms with E-state index in [2.05, 4.69) is 24.5 Å². The number of rotatable bonds is 6. The van der Waals surface area contributed by atoms with Gasteiger partial charge in [-0.15, -0.1) is 0 Å². The van der Waals surface area contributed by atoms with Crippen LogP contribution in [0.5, 0.6) is 0 Å². The van der Waals surface area contributed by atoms with Gasteiger partial charge in [-0.2, -0.15) is 0 Å². The van der Waals surface area contributed by atoms with E-state index in [1.54, 1.807) is 0 Å². The number of nitrogens with one attached hydrogen (secondary N) is 2. The van der Waals surface area contributed by atoms with E-state index in [1.165, 1.54) is 6.42 Å². The number of amides is 3. The van der Waals surface area contributed by atoms with Gasteiger partial charge in [-0.25, -0.2) is 0 Å². The first-order chi connectivity index (χ1) is 17.7. The van der Waals surface area contributed by atoms with E-state index >= 15 is 0 Å². The van der Waals surface area contributed by atoms with Crippen LogP contribution in [0.1, 0.15) is 113 Å². The minimum atomic E-state index is -0.573. The highest BCUT2D eigenvalue weighted by Crippen LogP contribution is 2.37. The summed E-state index contributed by atoms with van der Waals surface area (Å²) in [4.78, 5) is 41.9. The molecule has 0 heterocycles. The van der Waals surface area contributed by atoms with Crippen LogP contribution >= 0.6 is 0 Å². The lowest BCUT2D eigenvalue weighted by Gasteiger charge is -2.39. The molecule has 2 aliphatic carbocycles. The van der Waals surface area contributed by atoms with Crippen LogP contribution in [0.25, 0.3) is 0 Å². The zero-order valence-corrected chi connectivity index (χ0v) is 25.1. The predicted octanol–water partition coefficient (Wildman–Crippen LogP) is 7.78. The molecular weight excluding hydrogens is 474 g/mol. The third-order valence-electron chi connectivity index (χ3n) is 8.31. The second-order valence-electron chi connectivity index (χ2n) is 14.0. The highest BCUT2D eigenvalue weighted by Gasteiger charge is 2.35. The average molecular weight is 526 g/mol. The van der Waals surface area contributed by atoms with E-state index in [-0.39, 0.29) is 29.6 Å². The molecule has 0 spiro atoms. The number of anilines is 3. The quantitative estimate of drug-likeness (QED) is 0.398. The smallest absolute Gasteiger partial charge is 0.230 e. The summed E-state index contributed by atoms with van der Waals surface area (Å²) < 4.78 is 0. The van der Waals surface area contributed by atoms with Gasteiger partial charge in [0.1, 0.15) is 0 Å². The first-order valence-corrected chi connectivity index (χ1v) is 14.8. The van der Waals surface area contributed by atoms with Gasteiger partial charge < -0.3 is 15.5 Å². The van der Waals surface area contributed by atoms with E-state index in [0.717, 1.165) is 51.4 Å². The maximum atomic E-state index is 13.9. The molecule has 0 aliphatic heterocycles. The fraction of sp³-hybridized carbons (Fsp3) is 0.719. The van der Waals surface area contributed by atoms with Crippen molar-refractivity contribution in [2.45, 2.75) is 119 Å². The van der Waals surface area contributed by atoms with Crippen LogP contribution in [0, 0.1) is 29.1 Å². The molecule has 0 radical (unpaired) electrons. The molecule has 0 saturated heterocycles. The fourth-order valence-corrected chi connectivity index (χ4v) is 5.87. The van der Waals surface area contributed by atoms with Gasteiger partial charge >= 0.3 is 0 Å². The molecule has 3 amide bonds. The normalized spacial score (nSPS) is 21.2. The van der Waals surface area contributed by atoms with Crippen molar-refractivity contribution in [3.63, 3.8) is 0 Å². The lowest BCUT2D eigenvalue weighted by molar-refractivity contribution is -0.124. The van der Waals surface area contributed by atoms with Crippen LogP contribution in [-0.2, 0) is 14.4 Å². The highest BCUT2D eigenvalue weighted by atomic mass is 16.2. The number of benzene rings is 1. The van der Waals surface area contributed by atoms with Crippen LogP contribution in [0.2, 0.25) is 0 Å². The highest BCUT2D eigenvalue weighted by molar-refractivity contribution is 6.01. The molecule has 0 aromatic heterocycles. The summed E-state index contributed by atoms with van der Waals surface area (Å²) in [5.41, 5.74) is 0.882. The zero-order valence-electron chi connectivity index (χ0n) is 25.1. The molecule has 2 fully saturated rings. The number of nitrogens with zero attached hydrogens (tertiary/aromatic N) is 1. The molecular formula is C32H51N3O3. The summed E-state index contributed by atoms with van der Waals surface area (Å²) in [5.74, 6) is 1.37. The molecule has 2 saturated carbocycles. The molecule has 2 aliphatic rings. The Morgan fingerprint density at radius 1 is 0.763 bits per heavy atom. The predicted molar refractivity (Wildman–Crippen MR) is 157 cm³/mol. The topological polar surface area (TPSA) is 78.5 Å². The second kappa shape index (κ2) is 12.2. The Morgan fingerprint density at radius 3 is 1.82 bits per heavy atom. The SMILES string of the molecule is CC(C)C1CCC(C(=O)Nc2cc(NC(=O)C(C)(C)C)cc(N(C(=O)C3CCCCC3)C(C)(C)C)c2)CC1. The van der Waals surface area contributed by atoms with Crippen molar-refractivity contribution < 1.29 is 14.4 Å². The number of hydrogen-bond acceptors (Lipinski definition) is 3. The molecule has 38 heavy (non-hydrogen) atoms. The second-order valence-corrected chi connectivity index (χ2v) is 14.0. The third-order valence-corrected chi connectivity index (χ3v) is 8.31. The molecule has 2 N–H and O–H groups in total. The van der Waals surface area contributed by atoms with E-state index in [9.17, 15) is 14.4 Å². The first-order valence-electron chi connectivity index (χ1n) is 14.8. The number of carbonyl (C=O) groups excluding carboxylic acids is 3. The van der Waals surface area contributed by atoms with E-state index in [4.69, 9.17) is 0 Å². The Bertz CT molecular complexity index is 988. The van der Waals surface area contributed by atoms with Crippen LogP contribution in [0.4, 0.5) is 17.1 Å². The van der Waals surface area contributed by atoms with Gasteiger partial charge in [-0.05, 0) is 89.3 Å². The number of hydrogen-bond donors (Lipinski definition) is 2. The Kier molecular flexibility index (Phi) is 9.70. The van der Waals surface area contributed by atoms with E-state index < -0.39 is 11.0 Å². The summed E-state index contributed by atoms with van der Waals surface area (Å²) >= 11 is 0. The molecule has 0 atom stereocenters. The minimum absolute atomic E-state index is 0.00461. The number of carbonyl (C=O) groups is 3. The van der Waals surface area contributed by atoms with Gasteiger partial charge in [-0.3, -0.25) is 14.4 Å². The van der Waals surface area contributed by atoms with Crippen molar-refractivity contribution in [2.24, 2.45) is 29.1 Å². The Labute approximate surface area is 230 Å². The molecule has 1 aromatic carbocycles. The van der Waals surface area contributed by atoms with Gasteiger partial charge in [-0.1, -0.05) is 53.9 Å². The molecule has 6 heteroatoms. The van der Waals surface area contributed by atoms with Crippen LogP contribution in [0.3, 0.4) is 0 Å². The first kappa shape index (κ1) is 30.2. The van der Waals surface area contributed by atoms with E-state index in [1.807, 2.05) is 64.6 Å². The van der Waals surface area contributed by atoms with E-state index in [0.29, 0.717) is 28.9 Å². The zero-order chi connectivity index (χ0) is 28.3. The van der Waals surface area contributed by atoms with Crippen LogP contribution < -0.4 is 15.5 Å². The summed E-state index contributed by atoms with van der Waals surface area (Å²) in [7, 11) is 0. The Morgan fingerprint density at radius 2 is 1.32 bits per heavy atom. The molecule has 3 rings (SSSR count). The molecule has 0 unspecified atom stereocenters. The molecule has 1 aromatic rings. The van der Waals surface area contributed by atoms with Crippen molar-refractivity contribution in [3.05, 3.63) is 18.2 Å². The summed E-state index contributed by atoms with van der Waals surface area (Å²) in [6.45, 7) is 16.3. The van der Waals surface area contributed by atoms with Gasteiger partial charge in [0, 0.05) is 39.9 Å². The van der Waals surface area contributed by atoms with Gasteiger partial charge in [0.15, 0.2) is 0 Å². The summed E-state index contributed by atoms with van der Waals surface area (Å²) in [6, 6.07) is 5.59. The van der Waals surface area contributed by atoms with Crippen molar-refractivity contribution in [3.8, 4) is 0 Å². The van der Waals surface area contributed by atoms with Gasteiger partial charge in [0.2, 0.25) is 17.7 Å². The minimum Gasteiger partial charge on any atom is -0.326 e. The lowest BCUT2D eigenvalue weighted by atomic mass is 9.76. The summed E-state index contributed by atoms with van der Waals surface area (Å²) in [6.07, 6.45) is 9.12. The largest absolute Gasteiger partial charge is 0.326 e. The third kappa shape index (κ3) is 7.83. The van der Waals surface area contributed by atoms with Gasteiger partial charge in [0.25, 0.3) is 0 Å². The molecule has 0 bridgehead atoms. The maximum Gasteiger partial charge on any atom is 0.230 e. The summed E-state index contributed by atoms with van der Waals surface area (Å²) in [5, 5.41) is 6.18. The fourth-order valence-electron chi connectivity index (χ4n) is 5.87. The maximum absolute atomic E-state index is 13.9. The Balaban J connectivity index is 1.93. The molecule has 6 nitrogen and oxygen atoms in total.